The van der Waals surface area contributed by atoms with Crippen molar-refractivity contribution >= 4 is 23.8 Å². The van der Waals surface area contributed by atoms with Gasteiger partial charge in [-0.2, -0.15) is 0 Å². The summed E-state index contributed by atoms with van der Waals surface area (Å²) < 4.78 is 21.3. The number of rotatable bonds is 20. The lowest BCUT2D eigenvalue weighted by Gasteiger charge is -2.08. The minimum atomic E-state index is -0.592. The van der Waals surface area contributed by atoms with Crippen molar-refractivity contribution in [3.05, 3.63) is 90.5 Å². The van der Waals surface area contributed by atoms with Crippen molar-refractivity contribution in [3.63, 3.8) is 0 Å². The highest BCUT2D eigenvalue weighted by atomic mass is 16.5. The molecular formula is C32H38O8. The summed E-state index contributed by atoms with van der Waals surface area (Å²) in [6.45, 7) is 8.05. The van der Waals surface area contributed by atoms with Gasteiger partial charge in [-0.1, -0.05) is 31.4 Å². The SMILES string of the molecule is C=CC(=O)OCCCCCCOc1ccc(/C=C/C(=O)c2ccc(OCCCCOC(=O)C(=C)CO)cc2)cc1. The second-order valence-corrected chi connectivity index (χ2v) is 8.88. The molecular weight excluding hydrogens is 512 g/mol. The molecule has 0 heterocycles. The molecule has 214 valence electrons. The van der Waals surface area contributed by atoms with Gasteiger partial charge in [-0.15, -0.1) is 0 Å². The van der Waals surface area contributed by atoms with Crippen LogP contribution in [0, 0.1) is 0 Å². The molecule has 0 saturated carbocycles. The van der Waals surface area contributed by atoms with Crippen molar-refractivity contribution in [2.24, 2.45) is 0 Å². The van der Waals surface area contributed by atoms with Crippen LogP contribution in [0.2, 0.25) is 0 Å². The average molecular weight is 551 g/mol. The zero-order chi connectivity index (χ0) is 29.0. The number of allylic oxidation sites excluding steroid dienone is 1. The highest BCUT2D eigenvalue weighted by molar-refractivity contribution is 6.06. The predicted molar refractivity (Wildman–Crippen MR) is 153 cm³/mol. The molecule has 0 bridgehead atoms. The Morgan fingerprint density at radius 2 is 1.25 bits per heavy atom. The van der Waals surface area contributed by atoms with Crippen LogP contribution in [0.3, 0.4) is 0 Å². The largest absolute Gasteiger partial charge is 0.494 e. The molecule has 0 fully saturated rings. The summed E-state index contributed by atoms with van der Waals surface area (Å²) in [5.41, 5.74) is 1.48. The van der Waals surface area contributed by atoms with Crippen LogP contribution in [0.25, 0.3) is 6.08 Å². The first-order chi connectivity index (χ1) is 19.4. The Morgan fingerprint density at radius 1 is 0.725 bits per heavy atom. The first-order valence-corrected chi connectivity index (χ1v) is 13.4. The molecule has 40 heavy (non-hydrogen) atoms. The van der Waals surface area contributed by atoms with Crippen LogP contribution in [0.15, 0.2) is 79.4 Å². The molecule has 8 nitrogen and oxygen atoms in total. The Labute approximate surface area is 235 Å². The van der Waals surface area contributed by atoms with Crippen molar-refractivity contribution in [1.29, 1.82) is 0 Å². The Morgan fingerprint density at radius 3 is 1.85 bits per heavy atom. The van der Waals surface area contributed by atoms with Crippen molar-refractivity contribution in [1.82, 2.24) is 0 Å². The molecule has 2 aromatic rings. The number of carbonyl (C=O) groups excluding carboxylic acids is 3. The number of benzene rings is 2. The number of hydrogen-bond acceptors (Lipinski definition) is 8. The minimum absolute atomic E-state index is 0.0333. The van der Waals surface area contributed by atoms with E-state index in [2.05, 4.69) is 13.2 Å². The van der Waals surface area contributed by atoms with Crippen LogP contribution in [-0.2, 0) is 19.1 Å². The van der Waals surface area contributed by atoms with Crippen molar-refractivity contribution < 1.29 is 38.4 Å². The van der Waals surface area contributed by atoms with E-state index in [9.17, 15) is 14.4 Å². The summed E-state index contributed by atoms with van der Waals surface area (Å²) in [7, 11) is 0. The van der Waals surface area contributed by atoms with E-state index in [1.165, 1.54) is 12.2 Å². The number of ketones is 1. The van der Waals surface area contributed by atoms with Crippen molar-refractivity contribution in [3.8, 4) is 11.5 Å². The van der Waals surface area contributed by atoms with E-state index in [1.54, 1.807) is 30.3 Å². The highest BCUT2D eigenvalue weighted by Crippen LogP contribution is 2.16. The third-order valence-corrected chi connectivity index (χ3v) is 5.68. The molecule has 0 saturated heterocycles. The summed E-state index contributed by atoms with van der Waals surface area (Å²) in [4.78, 5) is 34.9. The molecule has 0 unspecified atom stereocenters. The molecule has 8 heteroatoms. The van der Waals surface area contributed by atoms with E-state index >= 15 is 0 Å². The van der Waals surface area contributed by atoms with Gasteiger partial charge < -0.3 is 24.1 Å². The van der Waals surface area contributed by atoms with E-state index in [0.717, 1.165) is 37.0 Å². The monoisotopic (exact) mass is 550 g/mol. The normalized spacial score (nSPS) is 10.6. The topological polar surface area (TPSA) is 108 Å². The third kappa shape index (κ3) is 13.1. The van der Waals surface area contributed by atoms with Crippen LogP contribution in [-0.4, -0.2) is 55.9 Å². The number of esters is 2. The van der Waals surface area contributed by atoms with Gasteiger partial charge >= 0.3 is 11.9 Å². The molecule has 0 atom stereocenters. The van der Waals surface area contributed by atoms with Gasteiger partial charge in [-0.05, 0) is 86.6 Å². The molecule has 0 aliphatic heterocycles. The zero-order valence-electron chi connectivity index (χ0n) is 22.8. The zero-order valence-corrected chi connectivity index (χ0v) is 22.8. The molecule has 0 radical (unpaired) electrons. The van der Waals surface area contributed by atoms with Gasteiger partial charge in [0, 0.05) is 11.6 Å². The highest BCUT2D eigenvalue weighted by Gasteiger charge is 2.07. The lowest BCUT2D eigenvalue weighted by molar-refractivity contribution is -0.140. The van der Waals surface area contributed by atoms with Crippen molar-refractivity contribution in [2.75, 3.05) is 33.0 Å². The predicted octanol–water partition coefficient (Wildman–Crippen LogP) is 5.50. The molecule has 0 aliphatic rings. The van der Waals surface area contributed by atoms with Gasteiger partial charge in [0.25, 0.3) is 0 Å². The smallest absolute Gasteiger partial charge is 0.335 e. The maximum absolute atomic E-state index is 12.5. The van der Waals surface area contributed by atoms with E-state index < -0.39 is 12.6 Å². The molecule has 2 aromatic carbocycles. The van der Waals surface area contributed by atoms with Crippen LogP contribution in [0.5, 0.6) is 11.5 Å². The van der Waals surface area contributed by atoms with Gasteiger partial charge in [-0.3, -0.25) is 4.79 Å². The number of unbranched alkanes of at least 4 members (excludes halogenated alkanes) is 4. The number of ether oxygens (including phenoxy) is 4. The Hall–Kier alpha value is -4.17. The maximum atomic E-state index is 12.5. The number of aliphatic hydroxyl groups is 1. The summed E-state index contributed by atoms with van der Waals surface area (Å²) in [6.07, 6.45) is 9.46. The number of hydrogen-bond donors (Lipinski definition) is 1. The van der Waals surface area contributed by atoms with Crippen LogP contribution < -0.4 is 9.47 Å². The number of aliphatic hydroxyl groups excluding tert-OH is 1. The average Bonchev–Trinajstić information content (AvgIpc) is 2.99. The van der Waals surface area contributed by atoms with Gasteiger partial charge in [-0.25, -0.2) is 9.59 Å². The van der Waals surface area contributed by atoms with Crippen LogP contribution in [0.1, 0.15) is 54.4 Å². The Bertz CT molecular complexity index is 1120. The third-order valence-electron chi connectivity index (χ3n) is 5.68. The second-order valence-electron chi connectivity index (χ2n) is 8.88. The Balaban J connectivity index is 1.63. The lowest BCUT2D eigenvalue weighted by atomic mass is 10.1. The first kappa shape index (κ1) is 32.0. The van der Waals surface area contributed by atoms with Gasteiger partial charge in [0.05, 0.1) is 38.6 Å². The lowest BCUT2D eigenvalue weighted by Crippen LogP contribution is -2.11. The fourth-order valence-electron chi connectivity index (χ4n) is 3.36. The first-order valence-electron chi connectivity index (χ1n) is 13.4. The van der Waals surface area contributed by atoms with Gasteiger partial charge in [0.2, 0.25) is 0 Å². The maximum Gasteiger partial charge on any atom is 0.335 e. The number of carbonyl (C=O) groups is 3. The van der Waals surface area contributed by atoms with Crippen molar-refractivity contribution in [2.45, 2.75) is 38.5 Å². The fourth-order valence-corrected chi connectivity index (χ4v) is 3.36. The summed E-state index contributed by atoms with van der Waals surface area (Å²) >= 11 is 0. The molecule has 2 rings (SSSR count). The molecule has 0 spiro atoms. The van der Waals surface area contributed by atoms with E-state index in [4.69, 9.17) is 24.1 Å². The standard InChI is InChI=1S/C32H38O8/c1-3-31(35)39-22-7-5-4-6-20-37-28-15-10-26(11-16-28)12-19-30(34)27-13-17-29(18-14-27)38-21-8-9-23-40-32(36)25(2)24-33/h3,10-19,33H,1-2,4-9,20-24H2/b19-12+. The summed E-state index contributed by atoms with van der Waals surface area (Å²) in [5, 5.41) is 8.82. The quantitative estimate of drug-likeness (QED) is 0.0996. The minimum Gasteiger partial charge on any atom is -0.494 e. The fraction of sp³-hybridized carbons (Fsp3) is 0.344. The van der Waals surface area contributed by atoms with Gasteiger partial charge in [0.15, 0.2) is 5.78 Å². The van der Waals surface area contributed by atoms with Crippen LogP contribution >= 0.6 is 0 Å². The summed E-state index contributed by atoms with van der Waals surface area (Å²) in [6, 6.07) is 14.5. The molecule has 0 aliphatic carbocycles. The molecule has 0 amide bonds. The van der Waals surface area contributed by atoms with E-state index in [0.29, 0.717) is 44.0 Å². The Kier molecular flexibility index (Phi) is 15.2. The van der Waals surface area contributed by atoms with Crippen LogP contribution in [0.4, 0.5) is 0 Å². The second kappa shape index (κ2) is 19.0. The van der Waals surface area contributed by atoms with E-state index in [-0.39, 0.29) is 23.9 Å². The van der Waals surface area contributed by atoms with E-state index in [1.807, 2.05) is 24.3 Å². The van der Waals surface area contributed by atoms with Gasteiger partial charge in [0.1, 0.15) is 11.5 Å². The molecule has 0 aromatic heterocycles. The molecule has 1 N–H and O–H groups in total. The summed E-state index contributed by atoms with van der Waals surface area (Å²) in [5.74, 6) is 0.327.